The third-order valence-corrected chi connectivity index (χ3v) is 3.28. The summed E-state index contributed by atoms with van der Waals surface area (Å²) in [5.41, 5.74) is 0. The van der Waals surface area contributed by atoms with Crippen LogP contribution in [0.5, 0.6) is 5.75 Å². The zero-order chi connectivity index (χ0) is 16.4. The predicted molar refractivity (Wildman–Crippen MR) is 84.7 cm³/mol. The molecule has 0 spiro atoms. The van der Waals surface area contributed by atoms with E-state index in [1.54, 1.807) is 4.90 Å². The first-order valence-corrected chi connectivity index (χ1v) is 7.58. The molecule has 0 bridgehead atoms. The van der Waals surface area contributed by atoms with E-state index >= 15 is 0 Å². The highest BCUT2D eigenvalue weighted by Crippen LogP contribution is 2.10. The summed E-state index contributed by atoms with van der Waals surface area (Å²) in [6.07, 6.45) is 1.28. The van der Waals surface area contributed by atoms with E-state index < -0.39 is 0 Å². The average Bonchev–Trinajstić information content (AvgIpc) is 2.52. The van der Waals surface area contributed by atoms with Crippen molar-refractivity contribution in [3.8, 4) is 5.75 Å². The summed E-state index contributed by atoms with van der Waals surface area (Å²) in [5.74, 6) is 0.544. The second-order valence-corrected chi connectivity index (χ2v) is 5.27. The fourth-order valence-corrected chi connectivity index (χ4v) is 2.06. The molecule has 0 aromatic heterocycles. The molecule has 0 N–H and O–H groups in total. The van der Waals surface area contributed by atoms with Gasteiger partial charge >= 0.3 is 5.97 Å². The maximum absolute atomic E-state index is 12.2. The van der Waals surface area contributed by atoms with Crippen LogP contribution in [0.3, 0.4) is 0 Å². The van der Waals surface area contributed by atoms with Crippen LogP contribution in [0.25, 0.3) is 0 Å². The molecular formula is C17H25NO4. The van der Waals surface area contributed by atoms with Gasteiger partial charge in [0.2, 0.25) is 5.91 Å². The van der Waals surface area contributed by atoms with Gasteiger partial charge in [-0.3, -0.25) is 9.59 Å². The van der Waals surface area contributed by atoms with Crippen LogP contribution >= 0.6 is 0 Å². The Hall–Kier alpha value is -2.04. The van der Waals surface area contributed by atoms with Gasteiger partial charge in [-0.05, 0) is 32.4 Å². The number of benzene rings is 1. The summed E-state index contributed by atoms with van der Waals surface area (Å²) in [7, 11) is 1.35. The second-order valence-electron chi connectivity index (χ2n) is 5.27. The fourth-order valence-electron chi connectivity index (χ4n) is 2.06. The van der Waals surface area contributed by atoms with E-state index in [-0.39, 0.29) is 24.3 Å². The van der Waals surface area contributed by atoms with Gasteiger partial charge in [0, 0.05) is 19.0 Å². The minimum absolute atomic E-state index is 0.0376. The Morgan fingerprint density at radius 1 is 1.14 bits per heavy atom. The molecule has 0 aliphatic carbocycles. The van der Waals surface area contributed by atoms with Crippen molar-refractivity contribution in [1.82, 2.24) is 4.90 Å². The number of ether oxygens (including phenoxy) is 2. The van der Waals surface area contributed by atoms with E-state index in [9.17, 15) is 9.59 Å². The molecule has 0 aliphatic rings. The van der Waals surface area contributed by atoms with Crippen molar-refractivity contribution in [2.24, 2.45) is 0 Å². The van der Waals surface area contributed by atoms with Gasteiger partial charge in [0.25, 0.3) is 0 Å². The number of rotatable bonds is 9. The summed E-state index contributed by atoms with van der Waals surface area (Å²) in [6.45, 7) is 4.77. The third kappa shape index (κ3) is 6.61. The molecule has 122 valence electrons. The summed E-state index contributed by atoms with van der Waals surface area (Å²) in [5, 5.41) is 0. The molecule has 0 fully saturated rings. The molecule has 5 nitrogen and oxygen atoms in total. The fraction of sp³-hybridized carbons (Fsp3) is 0.529. The summed E-state index contributed by atoms with van der Waals surface area (Å²) in [4.78, 5) is 25.1. The van der Waals surface area contributed by atoms with Crippen LogP contribution in [0, 0.1) is 0 Å². The molecule has 0 radical (unpaired) electrons. The summed E-state index contributed by atoms with van der Waals surface area (Å²) >= 11 is 0. The Bertz CT molecular complexity index is 459. The van der Waals surface area contributed by atoms with Gasteiger partial charge in [0.05, 0.1) is 20.1 Å². The second kappa shape index (κ2) is 9.82. The van der Waals surface area contributed by atoms with Gasteiger partial charge in [-0.15, -0.1) is 0 Å². The molecule has 1 rings (SSSR count). The van der Waals surface area contributed by atoms with E-state index in [4.69, 9.17) is 4.74 Å². The number of esters is 1. The number of carbonyl (C=O) groups excluding carboxylic acids is 2. The topological polar surface area (TPSA) is 55.8 Å². The smallest absolute Gasteiger partial charge is 0.307 e. The largest absolute Gasteiger partial charge is 0.494 e. The van der Waals surface area contributed by atoms with Crippen molar-refractivity contribution < 1.29 is 19.1 Å². The third-order valence-electron chi connectivity index (χ3n) is 3.28. The van der Waals surface area contributed by atoms with Crippen molar-refractivity contribution in [3.05, 3.63) is 30.3 Å². The zero-order valence-corrected chi connectivity index (χ0v) is 13.6. The van der Waals surface area contributed by atoms with Gasteiger partial charge in [-0.2, -0.15) is 0 Å². The lowest BCUT2D eigenvalue weighted by Gasteiger charge is -2.26. The van der Waals surface area contributed by atoms with Crippen LogP contribution in [-0.2, 0) is 14.3 Å². The van der Waals surface area contributed by atoms with E-state index in [0.29, 0.717) is 26.0 Å². The lowest BCUT2D eigenvalue weighted by Crippen LogP contribution is -2.38. The Balaban J connectivity index is 2.32. The maximum atomic E-state index is 12.2. The van der Waals surface area contributed by atoms with Crippen LogP contribution in [0.15, 0.2) is 30.3 Å². The highest BCUT2D eigenvalue weighted by Gasteiger charge is 2.17. The lowest BCUT2D eigenvalue weighted by atomic mass is 10.2. The van der Waals surface area contributed by atoms with Crippen molar-refractivity contribution in [1.29, 1.82) is 0 Å². The first-order valence-electron chi connectivity index (χ1n) is 7.58. The molecule has 22 heavy (non-hydrogen) atoms. The zero-order valence-electron chi connectivity index (χ0n) is 13.6. The molecule has 0 unspecified atom stereocenters. The number of carbonyl (C=O) groups is 2. The molecule has 0 aliphatic heterocycles. The Labute approximate surface area is 132 Å². The van der Waals surface area contributed by atoms with Crippen molar-refractivity contribution in [2.45, 2.75) is 39.2 Å². The lowest BCUT2D eigenvalue weighted by molar-refractivity contribution is -0.142. The average molecular weight is 307 g/mol. The van der Waals surface area contributed by atoms with E-state index in [0.717, 1.165) is 5.75 Å². The molecule has 0 atom stereocenters. The number of hydrogen-bond acceptors (Lipinski definition) is 4. The van der Waals surface area contributed by atoms with Crippen LogP contribution in [0.4, 0.5) is 0 Å². The minimum atomic E-state index is -0.300. The Morgan fingerprint density at radius 3 is 2.41 bits per heavy atom. The van der Waals surface area contributed by atoms with Gasteiger partial charge in [-0.1, -0.05) is 18.2 Å². The first kappa shape index (κ1) is 18.0. The minimum Gasteiger partial charge on any atom is -0.494 e. The van der Waals surface area contributed by atoms with E-state index in [2.05, 4.69) is 4.74 Å². The molecule has 5 heteroatoms. The molecule has 1 amide bonds. The van der Waals surface area contributed by atoms with Gasteiger partial charge < -0.3 is 14.4 Å². The number of nitrogens with zero attached hydrogens (tertiary/aromatic N) is 1. The maximum Gasteiger partial charge on any atom is 0.307 e. The normalized spacial score (nSPS) is 10.4. The predicted octanol–water partition coefficient (Wildman–Crippen LogP) is 2.65. The summed E-state index contributed by atoms with van der Waals surface area (Å²) < 4.78 is 10.2. The standard InChI is InChI=1S/C17H25NO4/c1-14(2)18(12-11-17(20)21-3)16(19)10-7-13-22-15-8-5-4-6-9-15/h4-6,8-9,14H,7,10-13H2,1-3H3. The SMILES string of the molecule is COC(=O)CCN(C(=O)CCCOc1ccccc1)C(C)C. The van der Waals surface area contributed by atoms with Crippen molar-refractivity contribution >= 4 is 11.9 Å². The quantitative estimate of drug-likeness (QED) is 0.520. The van der Waals surface area contributed by atoms with E-state index in [1.165, 1.54) is 7.11 Å². The van der Waals surface area contributed by atoms with Gasteiger partial charge in [0.15, 0.2) is 0 Å². The number of methoxy groups -OCH3 is 1. The van der Waals surface area contributed by atoms with Gasteiger partial charge in [0.1, 0.15) is 5.75 Å². The number of para-hydroxylation sites is 1. The van der Waals surface area contributed by atoms with Crippen LogP contribution in [0.2, 0.25) is 0 Å². The van der Waals surface area contributed by atoms with E-state index in [1.807, 2.05) is 44.2 Å². The molecule has 0 heterocycles. The highest BCUT2D eigenvalue weighted by molar-refractivity contribution is 5.77. The molecular weight excluding hydrogens is 282 g/mol. The number of hydrogen-bond donors (Lipinski definition) is 0. The molecule has 0 saturated carbocycles. The Morgan fingerprint density at radius 2 is 1.82 bits per heavy atom. The molecule has 1 aromatic rings. The van der Waals surface area contributed by atoms with Crippen LogP contribution < -0.4 is 4.74 Å². The Kier molecular flexibility index (Phi) is 8.04. The highest BCUT2D eigenvalue weighted by atomic mass is 16.5. The van der Waals surface area contributed by atoms with Crippen LogP contribution in [0.1, 0.15) is 33.1 Å². The van der Waals surface area contributed by atoms with Gasteiger partial charge in [-0.25, -0.2) is 0 Å². The van der Waals surface area contributed by atoms with Crippen molar-refractivity contribution in [3.63, 3.8) is 0 Å². The first-order chi connectivity index (χ1) is 10.5. The van der Waals surface area contributed by atoms with Crippen LogP contribution in [-0.4, -0.2) is 43.1 Å². The molecule has 0 saturated heterocycles. The monoisotopic (exact) mass is 307 g/mol. The summed E-state index contributed by atoms with van der Waals surface area (Å²) in [6, 6.07) is 9.59. The number of amides is 1. The molecule has 1 aromatic carbocycles. The van der Waals surface area contributed by atoms with Crippen molar-refractivity contribution in [2.75, 3.05) is 20.3 Å².